The van der Waals surface area contributed by atoms with Crippen LogP contribution >= 0.6 is 0 Å². The second-order valence-corrected chi connectivity index (χ2v) is 8.76. The molecule has 0 amide bonds. The number of hydrogen-bond donors (Lipinski definition) is 0. The molecule has 2 nitrogen and oxygen atoms in total. The molecule has 2 aromatic carbocycles. The number of benzene rings is 2. The van der Waals surface area contributed by atoms with E-state index >= 15 is 0 Å². The van der Waals surface area contributed by atoms with E-state index < -0.39 is 42.9 Å². The van der Waals surface area contributed by atoms with Crippen molar-refractivity contribution in [1.29, 1.82) is 5.26 Å². The van der Waals surface area contributed by atoms with E-state index in [-0.39, 0.29) is 0 Å². The Balaban J connectivity index is 0.00000129. The average Bonchev–Trinajstić information content (AvgIpc) is 3.22. The molecule has 2 atom stereocenters. The van der Waals surface area contributed by atoms with Gasteiger partial charge in [-0.3, -0.25) is 0 Å². The molecule has 186 valence electrons. The minimum absolute atomic E-state index is 0.503. The molecule has 0 aliphatic heterocycles. The summed E-state index contributed by atoms with van der Waals surface area (Å²) in [6, 6.07) is 18.9. The lowest BCUT2D eigenvalue weighted by Gasteiger charge is -2.24. The van der Waals surface area contributed by atoms with Crippen LogP contribution in [-0.4, -0.2) is 30.8 Å². The smallest absolute Gasteiger partial charge is 0.302 e. The van der Waals surface area contributed by atoms with Crippen molar-refractivity contribution in [2.45, 2.75) is 57.4 Å². The molecule has 3 rings (SSSR count). The predicted octanol–water partition coefficient (Wildman–Crippen LogP) is 7.52. The summed E-state index contributed by atoms with van der Waals surface area (Å²) in [6.45, 7) is 3.17. The van der Waals surface area contributed by atoms with Crippen molar-refractivity contribution >= 4 is 0 Å². The molecule has 0 heterocycles. The van der Waals surface area contributed by atoms with Crippen LogP contribution in [0.25, 0.3) is 0 Å². The summed E-state index contributed by atoms with van der Waals surface area (Å²) >= 11 is 0. The first-order valence-electron chi connectivity index (χ1n) is 11.2. The number of rotatable bonds is 7. The number of halogens is 6. The van der Waals surface area contributed by atoms with Crippen molar-refractivity contribution in [3.05, 3.63) is 71.3 Å². The molecule has 0 spiro atoms. The first-order chi connectivity index (χ1) is 16.0. The van der Waals surface area contributed by atoms with E-state index in [9.17, 15) is 26.3 Å². The Morgan fingerprint density at radius 3 is 1.82 bits per heavy atom. The van der Waals surface area contributed by atoms with Crippen LogP contribution in [0, 0.1) is 23.2 Å². The summed E-state index contributed by atoms with van der Waals surface area (Å²) in [5.74, 6) is -5.36. The summed E-state index contributed by atoms with van der Waals surface area (Å²) < 4.78 is 78.8. The van der Waals surface area contributed by atoms with Gasteiger partial charge in [-0.1, -0.05) is 54.6 Å². The zero-order valence-corrected chi connectivity index (χ0v) is 19.3. The topological polar surface area (TPSA) is 27.0 Å². The Morgan fingerprint density at radius 1 is 0.853 bits per heavy atom. The minimum Gasteiger partial charge on any atom is -0.302 e. The Hall–Kier alpha value is -2.53. The first kappa shape index (κ1) is 27.7. The van der Waals surface area contributed by atoms with Crippen LogP contribution in [0.2, 0.25) is 0 Å². The molecule has 0 N–H and O–H groups in total. The van der Waals surface area contributed by atoms with Crippen molar-refractivity contribution < 1.29 is 26.3 Å². The molecule has 34 heavy (non-hydrogen) atoms. The molecule has 0 aromatic heterocycles. The number of alkyl halides is 6. The third kappa shape index (κ3) is 8.35. The number of aryl methyl sites for hydroxylation is 1. The Morgan fingerprint density at radius 2 is 1.35 bits per heavy atom. The Labute approximate surface area is 197 Å². The van der Waals surface area contributed by atoms with E-state index in [2.05, 4.69) is 17.0 Å². The van der Waals surface area contributed by atoms with Crippen LogP contribution in [0.3, 0.4) is 0 Å². The lowest BCUT2D eigenvalue weighted by molar-refractivity contribution is -0.245. The highest BCUT2D eigenvalue weighted by atomic mass is 19.4. The first-order valence-corrected chi connectivity index (χ1v) is 11.2. The fourth-order valence-electron chi connectivity index (χ4n) is 4.52. The van der Waals surface area contributed by atoms with Gasteiger partial charge in [0.2, 0.25) is 0 Å². The molecule has 8 heteroatoms. The Kier molecular flexibility index (Phi) is 9.99. The van der Waals surface area contributed by atoms with Crippen LogP contribution in [0.4, 0.5) is 26.3 Å². The summed E-state index contributed by atoms with van der Waals surface area (Å²) in [4.78, 5) is 2.22. The average molecular weight is 485 g/mol. The molecule has 1 fully saturated rings. The zero-order valence-electron chi connectivity index (χ0n) is 19.3. The number of nitrogens with zero attached hydrogens (tertiary/aromatic N) is 2. The molecule has 2 unspecified atom stereocenters. The van der Waals surface area contributed by atoms with Gasteiger partial charge in [-0.2, -0.15) is 31.6 Å². The van der Waals surface area contributed by atoms with Gasteiger partial charge in [0, 0.05) is 13.5 Å². The molecule has 1 saturated carbocycles. The van der Waals surface area contributed by atoms with Crippen molar-refractivity contribution in [1.82, 2.24) is 4.90 Å². The maximum absolute atomic E-state index is 13.1. The van der Waals surface area contributed by atoms with Crippen LogP contribution in [0.15, 0.2) is 54.6 Å². The molecule has 1 aliphatic carbocycles. The summed E-state index contributed by atoms with van der Waals surface area (Å²) in [7, 11) is 2.05. The highest BCUT2D eigenvalue weighted by molar-refractivity contribution is 5.27. The van der Waals surface area contributed by atoms with Gasteiger partial charge in [0.15, 0.2) is 0 Å². The Bertz CT molecular complexity index is 878. The molecule has 2 aromatic rings. The second kappa shape index (κ2) is 12.3. The molecule has 0 bridgehead atoms. The largest absolute Gasteiger partial charge is 0.392 e. The second-order valence-electron chi connectivity index (χ2n) is 8.76. The van der Waals surface area contributed by atoms with E-state index in [0.29, 0.717) is 5.56 Å². The van der Waals surface area contributed by atoms with Crippen LogP contribution in [-0.2, 0) is 13.0 Å². The monoisotopic (exact) mass is 484 g/mol. The van der Waals surface area contributed by atoms with Gasteiger partial charge >= 0.3 is 12.4 Å². The fourth-order valence-corrected chi connectivity index (χ4v) is 4.52. The molecular weight excluding hydrogens is 454 g/mol. The van der Waals surface area contributed by atoms with Crippen LogP contribution < -0.4 is 0 Å². The third-order valence-corrected chi connectivity index (χ3v) is 6.16. The molecule has 0 saturated heterocycles. The van der Waals surface area contributed by atoms with Gasteiger partial charge in [0.05, 0.1) is 17.9 Å². The van der Waals surface area contributed by atoms with Gasteiger partial charge in [-0.25, -0.2) is 0 Å². The van der Waals surface area contributed by atoms with Gasteiger partial charge in [0.25, 0.3) is 0 Å². The quantitative estimate of drug-likeness (QED) is 0.380. The van der Waals surface area contributed by atoms with E-state index in [4.69, 9.17) is 5.26 Å². The zero-order chi connectivity index (χ0) is 25.4. The van der Waals surface area contributed by atoms with E-state index in [0.717, 1.165) is 31.5 Å². The standard InChI is InChI=1S/C24H27F6N.C2H3N/c1-31(16-18-6-3-2-4-7-18)13-5-8-17-9-11-19(12-10-17)20-14-21(23(25,26)27)22(15-20)24(28,29)30;1-2-3/h2-4,6-7,9-12,20-22H,5,8,13-16H2,1H3;1H3. The van der Waals surface area contributed by atoms with Gasteiger partial charge < -0.3 is 4.90 Å². The molecule has 0 radical (unpaired) electrons. The van der Waals surface area contributed by atoms with E-state index in [1.165, 1.54) is 12.5 Å². The third-order valence-electron chi connectivity index (χ3n) is 6.16. The molecular formula is C26H30F6N2. The lowest BCUT2D eigenvalue weighted by atomic mass is 9.94. The fraction of sp³-hybridized carbons (Fsp3) is 0.500. The lowest BCUT2D eigenvalue weighted by Crippen LogP contribution is -2.35. The number of nitriles is 1. The predicted molar refractivity (Wildman–Crippen MR) is 120 cm³/mol. The SMILES string of the molecule is CC#N.CN(CCCc1ccc(C2CC(C(F)(F)F)C(C(F)(F)F)C2)cc1)Cc1ccccc1. The minimum atomic E-state index is -4.83. The molecule has 1 aliphatic rings. The van der Waals surface area contributed by atoms with Crippen molar-refractivity contribution in [3.63, 3.8) is 0 Å². The summed E-state index contributed by atoms with van der Waals surface area (Å²) in [5, 5.41) is 7.32. The normalized spacial score (nSPS) is 20.5. The van der Waals surface area contributed by atoms with Crippen molar-refractivity contribution in [3.8, 4) is 6.07 Å². The van der Waals surface area contributed by atoms with Crippen molar-refractivity contribution in [2.75, 3.05) is 13.6 Å². The number of hydrogen-bond acceptors (Lipinski definition) is 2. The highest BCUT2D eigenvalue weighted by Crippen LogP contribution is 2.54. The maximum atomic E-state index is 13.1. The highest BCUT2D eigenvalue weighted by Gasteiger charge is 2.59. The van der Waals surface area contributed by atoms with E-state index in [1.807, 2.05) is 37.4 Å². The maximum Gasteiger partial charge on any atom is 0.392 e. The van der Waals surface area contributed by atoms with Crippen LogP contribution in [0.5, 0.6) is 0 Å². The van der Waals surface area contributed by atoms with Crippen LogP contribution in [0.1, 0.15) is 48.8 Å². The van der Waals surface area contributed by atoms with E-state index in [1.54, 1.807) is 18.2 Å². The van der Waals surface area contributed by atoms with Crippen molar-refractivity contribution in [2.24, 2.45) is 11.8 Å². The summed E-state index contributed by atoms with van der Waals surface area (Å²) in [6.07, 6.45) is -8.95. The van der Waals surface area contributed by atoms with Gasteiger partial charge in [0.1, 0.15) is 0 Å². The van der Waals surface area contributed by atoms with Gasteiger partial charge in [-0.05, 0) is 61.9 Å². The summed E-state index contributed by atoms with van der Waals surface area (Å²) in [5.41, 5.74) is 2.83. The van der Waals surface area contributed by atoms with Gasteiger partial charge in [-0.15, -0.1) is 0 Å².